The predicted molar refractivity (Wildman–Crippen MR) is 34.5 cm³/mol. The number of ether oxygens (including phenoxy) is 1. The van der Waals surface area contributed by atoms with Gasteiger partial charge in [-0.1, -0.05) is 0 Å². The second kappa shape index (κ2) is 2.22. The first-order valence-corrected chi connectivity index (χ1v) is 3.19. The first-order valence-electron chi connectivity index (χ1n) is 3.19. The van der Waals surface area contributed by atoms with E-state index in [1.54, 1.807) is 6.20 Å². The van der Waals surface area contributed by atoms with Gasteiger partial charge in [-0.15, -0.1) is 5.10 Å². The maximum atomic E-state index is 10.9. The van der Waals surface area contributed by atoms with Gasteiger partial charge in [-0.2, -0.15) is 9.80 Å². The molecule has 1 aliphatic heterocycles. The van der Waals surface area contributed by atoms with Crippen LogP contribution < -0.4 is 5.01 Å². The number of amides is 1. The number of hydrogen-bond donors (Lipinski definition) is 0. The normalized spacial score (nSPS) is 17.1. The molecule has 0 atom stereocenters. The second-order valence-electron chi connectivity index (χ2n) is 2.06. The molecule has 1 fully saturated rings. The van der Waals surface area contributed by atoms with Crippen molar-refractivity contribution in [1.29, 1.82) is 0 Å². The molecule has 0 unspecified atom stereocenters. The molecule has 1 aromatic heterocycles. The SMILES string of the molecule is O=C1OCCN1n1ccnn1. The van der Waals surface area contributed by atoms with Crippen molar-refractivity contribution < 1.29 is 9.53 Å². The number of nitrogens with zero attached hydrogens (tertiary/aromatic N) is 4. The van der Waals surface area contributed by atoms with Crippen molar-refractivity contribution in [3.63, 3.8) is 0 Å². The lowest BCUT2D eigenvalue weighted by Gasteiger charge is -2.09. The summed E-state index contributed by atoms with van der Waals surface area (Å²) in [5.41, 5.74) is 0. The van der Waals surface area contributed by atoms with Crippen molar-refractivity contribution >= 4 is 6.09 Å². The molecule has 58 valence electrons. The Labute approximate surface area is 62.3 Å². The first-order chi connectivity index (χ1) is 5.38. The number of rotatable bonds is 1. The van der Waals surface area contributed by atoms with E-state index in [-0.39, 0.29) is 6.09 Å². The lowest BCUT2D eigenvalue weighted by Crippen LogP contribution is -2.35. The second-order valence-corrected chi connectivity index (χ2v) is 2.06. The topological polar surface area (TPSA) is 60.2 Å². The summed E-state index contributed by atoms with van der Waals surface area (Å²) in [4.78, 5) is 12.2. The van der Waals surface area contributed by atoms with Gasteiger partial charge in [0.05, 0.1) is 18.9 Å². The molecule has 1 saturated heterocycles. The molecule has 1 aromatic rings. The largest absolute Gasteiger partial charge is 0.446 e. The monoisotopic (exact) mass is 154 g/mol. The molecule has 0 spiro atoms. The van der Waals surface area contributed by atoms with E-state index in [0.717, 1.165) is 0 Å². The highest BCUT2D eigenvalue weighted by molar-refractivity contribution is 5.80. The molecule has 2 rings (SSSR count). The molecule has 0 aromatic carbocycles. The van der Waals surface area contributed by atoms with Gasteiger partial charge in [-0.25, -0.2) is 4.79 Å². The van der Waals surface area contributed by atoms with Crippen molar-refractivity contribution in [3.8, 4) is 0 Å². The Hall–Kier alpha value is -1.59. The van der Waals surface area contributed by atoms with Gasteiger partial charge >= 0.3 is 6.09 Å². The Balaban J connectivity index is 2.23. The van der Waals surface area contributed by atoms with Crippen LogP contribution in [-0.2, 0) is 4.74 Å². The van der Waals surface area contributed by atoms with E-state index >= 15 is 0 Å². The Bertz CT molecular complexity index is 257. The maximum absolute atomic E-state index is 10.9. The summed E-state index contributed by atoms with van der Waals surface area (Å²) in [6, 6.07) is 0. The van der Waals surface area contributed by atoms with E-state index in [9.17, 15) is 4.79 Å². The Morgan fingerprint density at radius 1 is 1.64 bits per heavy atom. The van der Waals surface area contributed by atoms with Crippen LogP contribution in [0.1, 0.15) is 0 Å². The Morgan fingerprint density at radius 2 is 2.55 bits per heavy atom. The van der Waals surface area contributed by atoms with Gasteiger partial charge in [0, 0.05) is 0 Å². The van der Waals surface area contributed by atoms with Crippen LogP contribution in [0, 0.1) is 0 Å². The zero-order valence-electron chi connectivity index (χ0n) is 5.67. The summed E-state index contributed by atoms with van der Waals surface area (Å²) >= 11 is 0. The van der Waals surface area contributed by atoms with Gasteiger partial charge in [0.15, 0.2) is 0 Å². The van der Waals surface area contributed by atoms with Gasteiger partial charge in [0.2, 0.25) is 0 Å². The Morgan fingerprint density at radius 3 is 3.09 bits per heavy atom. The van der Waals surface area contributed by atoms with E-state index < -0.39 is 0 Å². The molecule has 11 heavy (non-hydrogen) atoms. The van der Waals surface area contributed by atoms with E-state index in [1.165, 1.54) is 16.0 Å². The lowest BCUT2D eigenvalue weighted by atomic mass is 10.7. The molecule has 2 heterocycles. The van der Waals surface area contributed by atoms with Gasteiger partial charge < -0.3 is 4.74 Å². The summed E-state index contributed by atoms with van der Waals surface area (Å²) < 4.78 is 4.69. The number of aromatic nitrogens is 3. The maximum Gasteiger partial charge on any atom is 0.430 e. The molecule has 0 radical (unpaired) electrons. The fourth-order valence-electron chi connectivity index (χ4n) is 0.902. The minimum absolute atomic E-state index is 0.379. The van der Waals surface area contributed by atoms with Crippen LogP contribution in [0.25, 0.3) is 0 Å². The highest BCUT2D eigenvalue weighted by atomic mass is 16.6. The highest BCUT2D eigenvalue weighted by Gasteiger charge is 2.23. The average molecular weight is 154 g/mol. The summed E-state index contributed by atoms with van der Waals surface area (Å²) in [6.07, 6.45) is 2.72. The fraction of sp³-hybridized carbons (Fsp3) is 0.400. The third-order valence-corrected chi connectivity index (χ3v) is 1.40. The summed E-state index contributed by atoms with van der Waals surface area (Å²) in [5, 5.41) is 8.57. The molecule has 0 bridgehead atoms. The standard InChI is InChI=1S/C5H6N4O2/c10-5-8(3-4-11-5)9-2-1-6-7-9/h1-2H,3-4H2. The van der Waals surface area contributed by atoms with Gasteiger partial charge in [-0.3, -0.25) is 0 Å². The molecular formula is C5H6N4O2. The molecule has 6 nitrogen and oxygen atoms in total. The van der Waals surface area contributed by atoms with Gasteiger partial charge in [0.1, 0.15) is 6.61 Å². The number of hydrogen-bond acceptors (Lipinski definition) is 4. The third-order valence-electron chi connectivity index (χ3n) is 1.40. The van der Waals surface area contributed by atoms with E-state index in [1.807, 2.05) is 0 Å². The third kappa shape index (κ3) is 0.917. The van der Waals surface area contributed by atoms with Crippen molar-refractivity contribution in [2.45, 2.75) is 0 Å². The van der Waals surface area contributed by atoms with Crippen molar-refractivity contribution in [3.05, 3.63) is 12.4 Å². The highest BCUT2D eigenvalue weighted by Crippen LogP contribution is 1.99. The van der Waals surface area contributed by atoms with Crippen molar-refractivity contribution in [2.75, 3.05) is 18.2 Å². The van der Waals surface area contributed by atoms with Gasteiger partial charge in [-0.05, 0) is 5.21 Å². The van der Waals surface area contributed by atoms with Crippen LogP contribution in [-0.4, -0.2) is 34.3 Å². The van der Waals surface area contributed by atoms with Crippen LogP contribution in [0.15, 0.2) is 12.4 Å². The van der Waals surface area contributed by atoms with Crippen LogP contribution in [0.5, 0.6) is 0 Å². The molecule has 0 aliphatic carbocycles. The van der Waals surface area contributed by atoms with Crippen molar-refractivity contribution in [2.24, 2.45) is 0 Å². The number of carbonyl (C=O) groups is 1. The van der Waals surface area contributed by atoms with Crippen LogP contribution in [0.4, 0.5) is 4.79 Å². The van der Waals surface area contributed by atoms with Crippen LogP contribution >= 0.6 is 0 Å². The summed E-state index contributed by atoms with van der Waals surface area (Å²) in [7, 11) is 0. The average Bonchev–Trinajstić information content (AvgIpc) is 2.55. The summed E-state index contributed by atoms with van der Waals surface area (Å²) in [6.45, 7) is 0.945. The Kier molecular flexibility index (Phi) is 1.24. The smallest absolute Gasteiger partial charge is 0.430 e. The first kappa shape index (κ1) is 6.14. The van der Waals surface area contributed by atoms with Crippen molar-refractivity contribution in [1.82, 2.24) is 15.1 Å². The fourth-order valence-corrected chi connectivity index (χ4v) is 0.902. The zero-order chi connectivity index (χ0) is 7.68. The van der Waals surface area contributed by atoms with E-state index in [0.29, 0.717) is 13.2 Å². The van der Waals surface area contributed by atoms with E-state index in [2.05, 4.69) is 15.0 Å². The minimum Gasteiger partial charge on any atom is -0.446 e. The predicted octanol–water partition coefficient (Wildman–Crippen LogP) is -0.634. The van der Waals surface area contributed by atoms with Crippen LogP contribution in [0.3, 0.4) is 0 Å². The molecule has 0 saturated carbocycles. The molecule has 0 N–H and O–H groups in total. The quantitative estimate of drug-likeness (QED) is 0.540. The minimum atomic E-state index is -0.379. The van der Waals surface area contributed by atoms with Gasteiger partial charge in [0.25, 0.3) is 0 Å². The number of cyclic esters (lactones) is 1. The molecule has 6 heteroatoms. The van der Waals surface area contributed by atoms with Crippen LogP contribution in [0.2, 0.25) is 0 Å². The molecule has 1 amide bonds. The number of carbonyl (C=O) groups excluding carboxylic acids is 1. The summed E-state index contributed by atoms with van der Waals surface area (Å²) in [5.74, 6) is 0. The van der Waals surface area contributed by atoms with E-state index in [4.69, 9.17) is 0 Å². The zero-order valence-corrected chi connectivity index (χ0v) is 5.67. The molecular weight excluding hydrogens is 148 g/mol. The molecule has 1 aliphatic rings. The lowest BCUT2D eigenvalue weighted by molar-refractivity contribution is 0.177.